The number of rotatable bonds is 6. The summed E-state index contributed by atoms with van der Waals surface area (Å²) >= 11 is 0. The first-order valence-electron chi connectivity index (χ1n) is 7.54. The molecule has 0 radical (unpaired) electrons. The number of carbonyl (C=O) groups excluding carboxylic acids is 1. The van der Waals surface area contributed by atoms with E-state index in [0.717, 1.165) is 0 Å². The van der Waals surface area contributed by atoms with Crippen LogP contribution in [0.3, 0.4) is 0 Å². The summed E-state index contributed by atoms with van der Waals surface area (Å²) in [6, 6.07) is 6.27. The SMILES string of the molecule is COCCOc1ccc(S(=O)(=O)N2CCN(C(=O)OC)CC2)cc1. The number of hydrogen-bond acceptors (Lipinski definition) is 6. The highest BCUT2D eigenvalue weighted by Gasteiger charge is 2.30. The van der Waals surface area contributed by atoms with E-state index in [0.29, 0.717) is 32.1 Å². The largest absolute Gasteiger partial charge is 0.491 e. The molecule has 134 valence electrons. The molecule has 0 saturated carbocycles. The Morgan fingerprint density at radius 2 is 1.67 bits per heavy atom. The van der Waals surface area contributed by atoms with Crippen LogP contribution in [0.15, 0.2) is 29.2 Å². The fraction of sp³-hybridized carbons (Fsp3) is 0.533. The molecule has 0 aliphatic carbocycles. The summed E-state index contributed by atoms with van der Waals surface area (Å²) in [6.45, 7) is 1.96. The van der Waals surface area contributed by atoms with Gasteiger partial charge in [0.25, 0.3) is 0 Å². The lowest BCUT2D eigenvalue weighted by molar-refractivity contribution is 0.108. The number of ether oxygens (including phenoxy) is 3. The van der Waals surface area contributed by atoms with Gasteiger partial charge in [0.05, 0.1) is 18.6 Å². The molecule has 1 fully saturated rings. The van der Waals surface area contributed by atoms with Gasteiger partial charge >= 0.3 is 6.09 Å². The van der Waals surface area contributed by atoms with E-state index in [2.05, 4.69) is 4.74 Å². The molecule has 1 aromatic rings. The first-order valence-corrected chi connectivity index (χ1v) is 8.98. The average molecular weight is 358 g/mol. The maximum Gasteiger partial charge on any atom is 0.409 e. The maximum absolute atomic E-state index is 12.6. The van der Waals surface area contributed by atoms with Gasteiger partial charge in [-0.3, -0.25) is 0 Å². The first kappa shape index (κ1) is 18.5. The van der Waals surface area contributed by atoms with Crippen molar-refractivity contribution in [1.29, 1.82) is 0 Å². The lowest BCUT2D eigenvalue weighted by Gasteiger charge is -2.33. The number of sulfonamides is 1. The summed E-state index contributed by atoms with van der Waals surface area (Å²) in [5.74, 6) is 0.585. The van der Waals surface area contributed by atoms with Gasteiger partial charge < -0.3 is 19.1 Å². The van der Waals surface area contributed by atoms with Crippen LogP contribution >= 0.6 is 0 Å². The van der Waals surface area contributed by atoms with Crippen LogP contribution in [0.5, 0.6) is 5.75 Å². The van der Waals surface area contributed by atoms with E-state index in [4.69, 9.17) is 9.47 Å². The number of benzene rings is 1. The molecule has 0 bridgehead atoms. The maximum atomic E-state index is 12.6. The molecule has 1 saturated heterocycles. The standard InChI is InChI=1S/C15H22N2O6S/c1-21-11-12-23-13-3-5-14(6-4-13)24(19,20)17-9-7-16(8-10-17)15(18)22-2/h3-6H,7-12H2,1-2H3. The summed E-state index contributed by atoms with van der Waals surface area (Å²) in [5.41, 5.74) is 0. The quantitative estimate of drug-likeness (QED) is 0.699. The van der Waals surface area contributed by atoms with Crippen molar-refractivity contribution in [2.24, 2.45) is 0 Å². The average Bonchev–Trinajstić information content (AvgIpc) is 2.62. The minimum Gasteiger partial charge on any atom is -0.491 e. The molecular formula is C15H22N2O6S. The second-order valence-corrected chi connectivity index (χ2v) is 7.11. The summed E-state index contributed by atoms with van der Waals surface area (Å²) in [4.78, 5) is 13.1. The monoisotopic (exact) mass is 358 g/mol. The molecule has 24 heavy (non-hydrogen) atoms. The van der Waals surface area contributed by atoms with Gasteiger partial charge in [-0.15, -0.1) is 0 Å². The Kier molecular flexibility index (Phi) is 6.41. The number of piperazine rings is 1. The lowest BCUT2D eigenvalue weighted by Crippen LogP contribution is -2.50. The van der Waals surface area contributed by atoms with Crippen LogP contribution in [0.4, 0.5) is 4.79 Å². The van der Waals surface area contributed by atoms with Crippen molar-refractivity contribution in [3.8, 4) is 5.75 Å². The Labute approximate surface area is 141 Å². The molecule has 0 spiro atoms. The summed E-state index contributed by atoms with van der Waals surface area (Å²) < 4.78 is 41.6. The molecule has 0 atom stereocenters. The molecule has 8 nitrogen and oxygen atoms in total. The zero-order chi connectivity index (χ0) is 17.6. The number of carbonyl (C=O) groups is 1. The van der Waals surface area contributed by atoms with E-state index in [-0.39, 0.29) is 18.0 Å². The van der Waals surface area contributed by atoms with E-state index in [9.17, 15) is 13.2 Å². The van der Waals surface area contributed by atoms with Crippen molar-refractivity contribution in [3.63, 3.8) is 0 Å². The van der Waals surface area contributed by atoms with Crippen LogP contribution in [0.25, 0.3) is 0 Å². The third kappa shape index (κ3) is 4.37. The van der Waals surface area contributed by atoms with E-state index in [1.54, 1.807) is 19.2 Å². The molecule has 1 aliphatic rings. The third-order valence-corrected chi connectivity index (χ3v) is 5.60. The Hall–Kier alpha value is -1.84. The number of amides is 1. The minimum atomic E-state index is -3.59. The van der Waals surface area contributed by atoms with Crippen molar-refractivity contribution < 1.29 is 27.4 Å². The smallest absolute Gasteiger partial charge is 0.409 e. The van der Waals surface area contributed by atoms with Crippen molar-refractivity contribution in [2.45, 2.75) is 4.90 Å². The predicted octanol–water partition coefficient (Wildman–Crippen LogP) is 0.785. The first-order chi connectivity index (χ1) is 11.5. The van der Waals surface area contributed by atoms with Crippen LogP contribution in [-0.2, 0) is 19.5 Å². The van der Waals surface area contributed by atoms with Crippen LogP contribution in [-0.4, -0.2) is 77.3 Å². The summed E-state index contributed by atoms with van der Waals surface area (Å²) in [5, 5.41) is 0. The van der Waals surface area contributed by atoms with Gasteiger partial charge in [0, 0.05) is 33.3 Å². The van der Waals surface area contributed by atoms with E-state index >= 15 is 0 Å². The van der Waals surface area contributed by atoms with E-state index < -0.39 is 16.1 Å². The number of hydrogen-bond donors (Lipinski definition) is 0. The zero-order valence-corrected chi connectivity index (χ0v) is 14.6. The van der Waals surface area contributed by atoms with Crippen LogP contribution in [0.1, 0.15) is 0 Å². The molecule has 2 rings (SSSR count). The van der Waals surface area contributed by atoms with Crippen molar-refractivity contribution in [2.75, 3.05) is 53.6 Å². The fourth-order valence-corrected chi connectivity index (χ4v) is 3.76. The summed E-state index contributed by atoms with van der Waals surface area (Å²) in [7, 11) is -0.696. The Balaban J connectivity index is 1.99. The Morgan fingerprint density at radius 3 is 2.21 bits per heavy atom. The van der Waals surface area contributed by atoms with Crippen LogP contribution in [0.2, 0.25) is 0 Å². The van der Waals surface area contributed by atoms with E-state index in [1.807, 2.05) is 0 Å². The number of methoxy groups -OCH3 is 2. The van der Waals surface area contributed by atoms with Gasteiger partial charge in [-0.2, -0.15) is 4.31 Å². The third-order valence-electron chi connectivity index (χ3n) is 3.69. The molecule has 0 unspecified atom stereocenters. The lowest BCUT2D eigenvalue weighted by atomic mass is 10.3. The highest BCUT2D eigenvalue weighted by atomic mass is 32.2. The zero-order valence-electron chi connectivity index (χ0n) is 13.8. The van der Waals surface area contributed by atoms with Gasteiger partial charge in [0.2, 0.25) is 10.0 Å². The Morgan fingerprint density at radius 1 is 1.04 bits per heavy atom. The molecule has 1 aromatic carbocycles. The highest BCUT2D eigenvalue weighted by molar-refractivity contribution is 7.89. The topological polar surface area (TPSA) is 85.4 Å². The second kappa shape index (κ2) is 8.32. The molecule has 9 heteroatoms. The van der Waals surface area contributed by atoms with Gasteiger partial charge in [-0.05, 0) is 24.3 Å². The Bertz CT molecular complexity index is 638. The van der Waals surface area contributed by atoms with Gasteiger partial charge in [-0.25, -0.2) is 13.2 Å². The van der Waals surface area contributed by atoms with Crippen molar-refractivity contribution >= 4 is 16.1 Å². The fourth-order valence-electron chi connectivity index (χ4n) is 2.34. The molecule has 0 aromatic heterocycles. The molecule has 1 amide bonds. The van der Waals surface area contributed by atoms with E-state index in [1.165, 1.54) is 28.4 Å². The highest BCUT2D eigenvalue weighted by Crippen LogP contribution is 2.21. The van der Waals surface area contributed by atoms with Crippen LogP contribution < -0.4 is 4.74 Å². The molecule has 1 heterocycles. The second-order valence-electron chi connectivity index (χ2n) is 5.17. The van der Waals surface area contributed by atoms with Crippen molar-refractivity contribution in [3.05, 3.63) is 24.3 Å². The molecule has 1 aliphatic heterocycles. The van der Waals surface area contributed by atoms with Gasteiger partial charge in [0.1, 0.15) is 12.4 Å². The van der Waals surface area contributed by atoms with Crippen molar-refractivity contribution in [1.82, 2.24) is 9.21 Å². The molecule has 0 N–H and O–H groups in total. The normalized spacial score (nSPS) is 16.0. The van der Waals surface area contributed by atoms with Gasteiger partial charge in [0.15, 0.2) is 0 Å². The predicted molar refractivity (Wildman–Crippen MR) is 86.5 cm³/mol. The van der Waals surface area contributed by atoms with Gasteiger partial charge in [-0.1, -0.05) is 0 Å². The molecular weight excluding hydrogens is 336 g/mol. The minimum absolute atomic E-state index is 0.202. The van der Waals surface area contributed by atoms with Crippen LogP contribution in [0, 0.1) is 0 Å². The summed E-state index contributed by atoms with van der Waals surface area (Å²) in [6.07, 6.45) is -0.440. The number of nitrogens with zero attached hydrogens (tertiary/aromatic N) is 2.